The molecule has 2 unspecified atom stereocenters. The standard InChI is InChI=1S/C14H28F2N2O/c1-3-7-18-8-4-5-13(10-18)12(2)17-6-9-19-11-14(15)16/h12-14,17H,3-11H2,1-2H3. The molecule has 1 heterocycles. The van der Waals surface area contributed by atoms with E-state index in [-0.39, 0.29) is 0 Å². The molecular formula is C14H28F2N2O. The SMILES string of the molecule is CCCN1CCCC(C(C)NCCOCC(F)F)C1. The minimum atomic E-state index is -2.36. The highest BCUT2D eigenvalue weighted by Crippen LogP contribution is 2.19. The second-order valence-corrected chi connectivity index (χ2v) is 5.41. The van der Waals surface area contributed by atoms with Crippen molar-refractivity contribution in [3.8, 4) is 0 Å². The number of ether oxygens (including phenoxy) is 1. The van der Waals surface area contributed by atoms with E-state index >= 15 is 0 Å². The van der Waals surface area contributed by atoms with Gasteiger partial charge in [-0.15, -0.1) is 0 Å². The van der Waals surface area contributed by atoms with E-state index in [0.29, 0.717) is 25.1 Å². The Balaban J connectivity index is 2.12. The zero-order valence-corrected chi connectivity index (χ0v) is 12.2. The normalized spacial score (nSPS) is 22.9. The monoisotopic (exact) mass is 278 g/mol. The minimum absolute atomic E-state index is 0.361. The molecule has 0 aromatic heterocycles. The Labute approximate surface area is 115 Å². The van der Waals surface area contributed by atoms with Gasteiger partial charge in [-0.3, -0.25) is 0 Å². The van der Waals surface area contributed by atoms with Crippen molar-refractivity contribution in [2.45, 2.75) is 45.6 Å². The smallest absolute Gasteiger partial charge is 0.261 e. The van der Waals surface area contributed by atoms with Crippen LogP contribution in [-0.4, -0.2) is 56.8 Å². The largest absolute Gasteiger partial charge is 0.374 e. The molecule has 0 amide bonds. The molecule has 5 heteroatoms. The van der Waals surface area contributed by atoms with E-state index in [4.69, 9.17) is 4.74 Å². The van der Waals surface area contributed by atoms with E-state index in [2.05, 4.69) is 24.1 Å². The average Bonchev–Trinajstić information content (AvgIpc) is 2.38. The summed E-state index contributed by atoms with van der Waals surface area (Å²) in [5.74, 6) is 0.662. The van der Waals surface area contributed by atoms with Gasteiger partial charge in [0.25, 0.3) is 6.43 Å². The van der Waals surface area contributed by atoms with Gasteiger partial charge >= 0.3 is 0 Å². The molecule has 0 spiro atoms. The predicted molar refractivity (Wildman–Crippen MR) is 73.7 cm³/mol. The van der Waals surface area contributed by atoms with Gasteiger partial charge in [-0.05, 0) is 45.2 Å². The molecule has 1 aliphatic rings. The van der Waals surface area contributed by atoms with E-state index in [1.807, 2.05) is 0 Å². The summed E-state index contributed by atoms with van der Waals surface area (Å²) in [5.41, 5.74) is 0. The first-order chi connectivity index (χ1) is 9.13. The lowest BCUT2D eigenvalue weighted by atomic mass is 9.91. The first kappa shape index (κ1) is 16.8. The van der Waals surface area contributed by atoms with Crippen molar-refractivity contribution in [1.29, 1.82) is 0 Å². The van der Waals surface area contributed by atoms with Gasteiger partial charge in [0.05, 0.1) is 6.61 Å². The quantitative estimate of drug-likeness (QED) is 0.655. The molecule has 0 radical (unpaired) electrons. The van der Waals surface area contributed by atoms with Gasteiger partial charge in [0, 0.05) is 19.1 Å². The number of halogens is 2. The van der Waals surface area contributed by atoms with Crippen LogP contribution in [0.4, 0.5) is 8.78 Å². The molecule has 1 aliphatic heterocycles. The number of nitrogens with one attached hydrogen (secondary N) is 1. The fraction of sp³-hybridized carbons (Fsp3) is 1.00. The highest BCUT2D eigenvalue weighted by molar-refractivity contribution is 4.80. The van der Waals surface area contributed by atoms with Gasteiger partial charge in [-0.2, -0.15) is 0 Å². The maximum Gasteiger partial charge on any atom is 0.261 e. The zero-order valence-electron chi connectivity index (χ0n) is 12.2. The number of hydrogen-bond donors (Lipinski definition) is 1. The van der Waals surface area contributed by atoms with E-state index in [9.17, 15) is 8.78 Å². The lowest BCUT2D eigenvalue weighted by Crippen LogP contribution is -2.45. The van der Waals surface area contributed by atoms with Crippen LogP contribution < -0.4 is 5.32 Å². The Morgan fingerprint density at radius 2 is 2.21 bits per heavy atom. The minimum Gasteiger partial charge on any atom is -0.374 e. The first-order valence-electron chi connectivity index (χ1n) is 7.45. The summed E-state index contributed by atoms with van der Waals surface area (Å²) >= 11 is 0. The third-order valence-electron chi connectivity index (χ3n) is 3.75. The molecular weight excluding hydrogens is 250 g/mol. The zero-order chi connectivity index (χ0) is 14.1. The Bertz CT molecular complexity index is 227. The third kappa shape index (κ3) is 7.18. The second-order valence-electron chi connectivity index (χ2n) is 5.41. The molecule has 1 fully saturated rings. The number of piperidine rings is 1. The summed E-state index contributed by atoms with van der Waals surface area (Å²) in [6.07, 6.45) is 1.36. The summed E-state index contributed by atoms with van der Waals surface area (Å²) in [6, 6.07) is 0.426. The highest BCUT2D eigenvalue weighted by Gasteiger charge is 2.23. The van der Waals surface area contributed by atoms with Crippen LogP contribution in [0, 0.1) is 5.92 Å². The number of nitrogens with zero attached hydrogens (tertiary/aromatic N) is 1. The summed E-state index contributed by atoms with van der Waals surface area (Å²) < 4.78 is 28.6. The molecule has 1 rings (SSSR count). The Kier molecular flexibility index (Phi) is 8.50. The Morgan fingerprint density at radius 3 is 2.89 bits per heavy atom. The summed E-state index contributed by atoms with van der Waals surface area (Å²) in [4.78, 5) is 2.53. The van der Waals surface area contributed by atoms with Crippen molar-refractivity contribution in [3.05, 3.63) is 0 Å². The lowest BCUT2D eigenvalue weighted by molar-refractivity contribution is 0.0175. The molecule has 114 valence electrons. The van der Waals surface area contributed by atoms with Crippen molar-refractivity contribution >= 4 is 0 Å². The molecule has 1 saturated heterocycles. The van der Waals surface area contributed by atoms with Crippen LogP contribution in [0.1, 0.15) is 33.1 Å². The molecule has 0 aromatic carbocycles. The van der Waals surface area contributed by atoms with Crippen LogP contribution in [0.3, 0.4) is 0 Å². The van der Waals surface area contributed by atoms with Crippen LogP contribution in [0.15, 0.2) is 0 Å². The Morgan fingerprint density at radius 1 is 1.42 bits per heavy atom. The second kappa shape index (κ2) is 9.61. The van der Waals surface area contributed by atoms with E-state index in [1.54, 1.807) is 0 Å². The van der Waals surface area contributed by atoms with Crippen LogP contribution >= 0.6 is 0 Å². The van der Waals surface area contributed by atoms with E-state index < -0.39 is 13.0 Å². The molecule has 2 atom stereocenters. The predicted octanol–water partition coefficient (Wildman–Crippen LogP) is 2.37. The topological polar surface area (TPSA) is 24.5 Å². The van der Waals surface area contributed by atoms with Crippen molar-refractivity contribution in [2.75, 3.05) is 39.4 Å². The Hall–Kier alpha value is -0.260. The van der Waals surface area contributed by atoms with Crippen LogP contribution in [-0.2, 0) is 4.74 Å². The maximum absolute atomic E-state index is 11.9. The fourth-order valence-corrected chi connectivity index (χ4v) is 2.72. The molecule has 3 nitrogen and oxygen atoms in total. The number of hydrogen-bond acceptors (Lipinski definition) is 3. The molecule has 0 aliphatic carbocycles. The summed E-state index contributed by atoms with van der Waals surface area (Å²) in [6.45, 7) is 8.51. The molecule has 0 aromatic rings. The number of alkyl halides is 2. The van der Waals surface area contributed by atoms with Gasteiger partial charge in [0.2, 0.25) is 0 Å². The van der Waals surface area contributed by atoms with Crippen molar-refractivity contribution in [2.24, 2.45) is 5.92 Å². The van der Waals surface area contributed by atoms with Crippen LogP contribution in [0.2, 0.25) is 0 Å². The van der Waals surface area contributed by atoms with Crippen molar-refractivity contribution < 1.29 is 13.5 Å². The fourth-order valence-electron chi connectivity index (χ4n) is 2.72. The number of likely N-dealkylation sites (tertiary alicyclic amines) is 1. The van der Waals surface area contributed by atoms with Gasteiger partial charge in [-0.25, -0.2) is 8.78 Å². The average molecular weight is 278 g/mol. The molecule has 0 saturated carbocycles. The number of rotatable bonds is 9. The maximum atomic E-state index is 11.9. The highest BCUT2D eigenvalue weighted by atomic mass is 19.3. The molecule has 19 heavy (non-hydrogen) atoms. The summed E-state index contributed by atoms with van der Waals surface area (Å²) in [5, 5.41) is 3.39. The van der Waals surface area contributed by atoms with Crippen molar-refractivity contribution in [3.63, 3.8) is 0 Å². The lowest BCUT2D eigenvalue weighted by Gasteiger charge is -2.36. The van der Waals surface area contributed by atoms with Crippen molar-refractivity contribution in [1.82, 2.24) is 10.2 Å². The first-order valence-corrected chi connectivity index (χ1v) is 7.45. The van der Waals surface area contributed by atoms with Gasteiger partial charge in [0.1, 0.15) is 6.61 Å². The van der Waals surface area contributed by atoms with Gasteiger partial charge < -0.3 is 15.0 Å². The van der Waals surface area contributed by atoms with E-state index in [0.717, 1.165) is 6.54 Å². The van der Waals surface area contributed by atoms with Gasteiger partial charge in [0.15, 0.2) is 0 Å². The summed E-state index contributed by atoms with van der Waals surface area (Å²) in [7, 11) is 0. The van der Waals surface area contributed by atoms with Gasteiger partial charge in [-0.1, -0.05) is 6.92 Å². The molecule has 0 bridgehead atoms. The van der Waals surface area contributed by atoms with E-state index in [1.165, 1.54) is 32.4 Å². The van der Waals surface area contributed by atoms with Crippen LogP contribution in [0.25, 0.3) is 0 Å². The van der Waals surface area contributed by atoms with Crippen LogP contribution in [0.5, 0.6) is 0 Å². The third-order valence-corrected chi connectivity index (χ3v) is 3.75. The molecule has 1 N–H and O–H groups in total.